The topological polar surface area (TPSA) is 73.2 Å². The number of amides is 1. The summed E-state index contributed by atoms with van der Waals surface area (Å²) in [4.78, 5) is 29.6. The minimum absolute atomic E-state index is 0.00300. The first-order valence-electron chi connectivity index (χ1n) is 8.51. The molecule has 2 aromatic rings. The van der Waals surface area contributed by atoms with Crippen LogP contribution < -0.4 is 10.9 Å². The molecule has 0 saturated carbocycles. The predicted molar refractivity (Wildman–Crippen MR) is 92.4 cm³/mol. The van der Waals surface area contributed by atoms with Crippen molar-refractivity contribution >= 4 is 16.8 Å². The summed E-state index contributed by atoms with van der Waals surface area (Å²) in [6, 6.07) is 5.10. The number of carbonyl (C=O) groups is 1. The van der Waals surface area contributed by atoms with Crippen LogP contribution in [0.15, 0.2) is 23.0 Å². The molecule has 1 aromatic carbocycles. The van der Waals surface area contributed by atoms with E-state index in [1.807, 2.05) is 0 Å². The molecule has 2 heterocycles. The molecule has 0 atom stereocenters. The van der Waals surface area contributed by atoms with Gasteiger partial charge in [-0.1, -0.05) is 12.8 Å². The summed E-state index contributed by atoms with van der Waals surface area (Å²) in [6.07, 6.45) is 5.21. The number of carbonyl (C=O) groups excluding carboxylic acids is 1. The van der Waals surface area contributed by atoms with Crippen LogP contribution in [0.1, 0.15) is 41.9 Å². The zero-order chi connectivity index (χ0) is 16.9. The molecule has 0 fully saturated rings. The molecule has 0 radical (unpaired) electrons. The van der Waals surface area contributed by atoms with Gasteiger partial charge in [-0.05, 0) is 31.0 Å². The van der Waals surface area contributed by atoms with Crippen LogP contribution in [-0.4, -0.2) is 35.7 Å². The lowest BCUT2D eigenvalue weighted by atomic mass is 10.1. The highest BCUT2D eigenvalue weighted by atomic mass is 16.5. The first-order valence-corrected chi connectivity index (χ1v) is 8.51. The Morgan fingerprint density at radius 1 is 1.29 bits per heavy atom. The van der Waals surface area contributed by atoms with Crippen LogP contribution in [-0.2, 0) is 17.7 Å². The monoisotopic (exact) mass is 329 g/mol. The smallest absolute Gasteiger partial charge is 0.261 e. The molecule has 1 aliphatic rings. The molecule has 1 aromatic heterocycles. The maximum absolute atomic E-state index is 12.7. The van der Waals surface area contributed by atoms with Crippen molar-refractivity contribution in [3.63, 3.8) is 0 Å². The molecule has 0 saturated heterocycles. The number of ether oxygens (including phenoxy) is 1. The highest BCUT2D eigenvalue weighted by Gasteiger charge is 2.14. The van der Waals surface area contributed by atoms with Crippen molar-refractivity contribution in [3.05, 3.63) is 39.9 Å². The third-order valence-electron chi connectivity index (χ3n) is 4.42. The van der Waals surface area contributed by atoms with Crippen LogP contribution in [0.5, 0.6) is 0 Å². The Balaban J connectivity index is 1.96. The summed E-state index contributed by atoms with van der Waals surface area (Å²) in [5.41, 5.74) is 1.12. The van der Waals surface area contributed by atoms with Crippen LogP contribution in [0.25, 0.3) is 10.9 Å². The standard InChI is InChI=1S/C18H23N3O3/c1-24-11-9-19-17(22)13-7-8-14-15(12-13)20-16-6-4-2-3-5-10-21(16)18(14)23/h7-8,12H,2-6,9-11H2,1H3,(H,19,22). The average molecular weight is 329 g/mol. The summed E-state index contributed by atoms with van der Waals surface area (Å²) < 4.78 is 6.73. The van der Waals surface area contributed by atoms with Crippen molar-refractivity contribution in [1.29, 1.82) is 0 Å². The first kappa shape index (κ1) is 16.6. The van der Waals surface area contributed by atoms with Gasteiger partial charge in [0.1, 0.15) is 5.82 Å². The molecular weight excluding hydrogens is 306 g/mol. The van der Waals surface area contributed by atoms with Gasteiger partial charge in [-0.2, -0.15) is 0 Å². The predicted octanol–water partition coefficient (Wildman–Crippen LogP) is 1.89. The number of aromatic nitrogens is 2. The van der Waals surface area contributed by atoms with E-state index in [0.717, 1.165) is 38.1 Å². The first-order chi connectivity index (χ1) is 11.7. The number of rotatable bonds is 4. The number of benzene rings is 1. The van der Waals surface area contributed by atoms with Gasteiger partial charge in [0.25, 0.3) is 11.5 Å². The number of hydrogen-bond acceptors (Lipinski definition) is 4. The second kappa shape index (κ2) is 7.57. The number of fused-ring (bicyclic) bond motifs is 2. The van der Waals surface area contributed by atoms with E-state index in [2.05, 4.69) is 10.3 Å². The van der Waals surface area contributed by atoms with Crippen molar-refractivity contribution in [2.75, 3.05) is 20.3 Å². The van der Waals surface area contributed by atoms with Crippen molar-refractivity contribution in [1.82, 2.24) is 14.9 Å². The van der Waals surface area contributed by atoms with Crippen LogP contribution >= 0.6 is 0 Å². The van der Waals surface area contributed by atoms with Gasteiger partial charge in [0, 0.05) is 32.2 Å². The minimum Gasteiger partial charge on any atom is -0.383 e. The Hall–Kier alpha value is -2.21. The molecule has 6 nitrogen and oxygen atoms in total. The van der Waals surface area contributed by atoms with E-state index in [1.54, 1.807) is 29.9 Å². The second-order valence-electron chi connectivity index (χ2n) is 6.13. The molecule has 1 aliphatic heterocycles. The molecule has 1 N–H and O–H groups in total. The van der Waals surface area contributed by atoms with Gasteiger partial charge >= 0.3 is 0 Å². The lowest BCUT2D eigenvalue weighted by Gasteiger charge is -2.16. The van der Waals surface area contributed by atoms with Gasteiger partial charge in [-0.15, -0.1) is 0 Å². The Bertz CT molecular complexity index is 798. The highest BCUT2D eigenvalue weighted by Crippen LogP contribution is 2.16. The number of methoxy groups -OCH3 is 1. The quantitative estimate of drug-likeness (QED) is 0.870. The second-order valence-corrected chi connectivity index (χ2v) is 6.13. The minimum atomic E-state index is -0.178. The summed E-state index contributed by atoms with van der Waals surface area (Å²) in [5, 5.41) is 3.36. The zero-order valence-corrected chi connectivity index (χ0v) is 14.0. The number of nitrogens with one attached hydrogen (secondary N) is 1. The molecule has 0 bridgehead atoms. The van der Waals surface area contributed by atoms with Crippen LogP contribution in [0, 0.1) is 0 Å². The summed E-state index contributed by atoms with van der Waals surface area (Å²) in [6.45, 7) is 1.65. The molecule has 1 amide bonds. The van der Waals surface area contributed by atoms with Crippen LogP contribution in [0.3, 0.4) is 0 Å². The fourth-order valence-corrected chi connectivity index (χ4v) is 3.10. The molecule has 6 heteroatoms. The maximum Gasteiger partial charge on any atom is 0.261 e. The maximum atomic E-state index is 12.7. The SMILES string of the molecule is COCCNC(=O)c1ccc2c(=O)n3c(nc2c1)CCCCCC3. The molecule has 3 rings (SSSR count). The van der Waals surface area contributed by atoms with Gasteiger partial charge in [0.15, 0.2) is 0 Å². The van der Waals surface area contributed by atoms with E-state index in [0.29, 0.717) is 29.6 Å². The molecule has 0 spiro atoms. The zero-order valence-electron chi connectivity index (χ0n) is 14.0. The van der Waals surface area contributed by atoms with E-state index >= 15 is 0 Å². The van der Waals surface area contributed by atoms with Crippen molar-refractivity contribution in [3.8, 4) is 0 Å². The number of hydrogen-bond donors (Lipinski definition) is 1. The Morgan fingerprint density at radius 2 is 2.12 bits per heavy atom. The summed E-state index contributed by atoms with van der Waals surface area (Å²) in [5.74, 6) is 0.659. The normalized spacial score (nSPS) is 14.7. The number of aryl methyl sites for hydroxylation is 1. The van der Waals surface area contributed by atoms with E-state index in [4.69, 9.17) is 4.74 Å². The van der Waals surface area contributed by atoms with Gasteiger partial charge in [0.05, 0.1) is 17.5 Å². The van der Waals surface area contributed by atoms with E-state index in [-0.39, 0.29) is 11.5 Å². The Morgan fingerprint density at radius 3 is 2.96 bits per heavy atom. The van der Waals surface area contributed by atoms with E-state index < -0.39 is 0 Å². The largest absolute Gasteiger partial charge is 0.383 e. The third-order valence-corrected chi connectivity index (χ3v) is 4.42. The Labute approximate surface area is 140 Å². The van der Waals surface area contributed by atoms with Crippen molar-refractivity contribution in [2.24, 2.45) is 0 Å². The summed E-state index contributed by atoms with van der Waals surface area (Å²) >= 11 is 0. The molecular formula is C18H23N3O3. The number of nitrogens with zero attached hydrogens (tertiary/aromatic N) is 2. The highest BCUT2D eigenvalue weighted by molar-refractivity contribution is 5.97. The van der Waals surface area contributed by atoms with Gasteiger partial charge in [-0.3, -0.25) is 14.2 Å². The van der Waals surface area contributed by atoms with E-state index in [9.17, 15) is 9.59 Å². The van der Waals surface area contributed by atoms with Crippen molar-refractivity contribution in [2.45, 2.75) is 38.6 Å². The van der Waals surface area contributed by atoms with Gasteiger partial charge < -0.3 is 10.1 Å². The fraction of sp³-hybridized carbons (Fsp3) is 0.500. The van der Waals surface area contributed by atoms with Gasteiger partial charge in [-0.25, -0.2) is 4.98 Å². The van der Waals surface area contributed by atoms with Crippen LogP contribution in [0.2, 0.25) is 0 Å². The van der Waals surface area contributed by atoms with Crippen molar-refractivity contribution < 1.29 is 9.53 Å². The molecule has 128 valence electrons. The summed E-state index contributed by atoms with van der Waals surface area (Å²) in [7, 11) is 1.59. The van der Waals surface area contributed by atoms with Gasteiger partial charge in [0.2, 0.25) is 0 Å². The molecule has 24 heavy (non-hydrogen) atoms. The lowest BCUT2D eigenvalue weighted by molar-refractivity contribution is 0.0937. The fourth-order valence-electron chi connectivity index (χ4n) is 3.10. The Kier molecular flexibility index (Phi) is 5.25. The molecule has 0 aliphatic carbocycles. The molecule has 0 unspecified atom stereocenters. The third kappa shape index (κ3) is 3.48. The lowest BCUT2D eigenvalue weighted by Crippen LogP contribution is -2.28. The average Bonchev–Trinajstić information content (AvgIpc) is 2.56. The van der Waals surface area contributed by atoms with E-state index in [1.165, 1.54) is 6.42 Å². The van der Waals surface area contributed by atoms with Crippen LogP contribution in [0.4, 0.5) is 0 Å².